The summed E-state index contributed by atoms with van der Waals surface area (Å²) in [6, 6.07) is 17.4. The monoisotopic (exact) mass is 410 g/mol. The van der Waals surface area contributed by atoms with Gasteiger partial charge >= 0.3 is 0 Å². The van der Waals surface area contributed by atoms with Gasteiger partial charge in [-0.3, -0.25) is 9.55 Å². The number of sulfonamides is 1. The molecule has 140 valence electrons. The van der Waals surface area contributed by atoms with E-state index in [1.54, 1.807) is 36.7 Å². The molecular weight excluding hydrogens is 396 g/mol. The topological polar surface area (TPSA) is 90.9 Å². The van der Waals surface area contributed by atoms with E-state index in [2.05, 4.69) is 4.98 Å². The van der Waals surface area contributed by atoms with Crippen LogP contribution in [0.2, 0.25) is 5.02 Å². The highest BCUT2D eigenvalue weighted by Crippen LogP contribution is 2.28. The number of pyridine rings is 1. The maximum Gasteiger partial charge on any atom is 0.238 e. The fourth-order valence-corrected chi connectivity index (χ4v) is 3.47. The van der Waals surface area contributed by atoms with E-state index in [1.807, 2.05) is 35.0 Å². The predicted molar refractivity (Wildman–Crippen MR) is 109 cm³/mol. The van der Waals surface area contributed by atoms with Crippen LogP contribution in [0.15, 0.2) is 84.1 Å². The van der Waals surface area contributed by atoms with Gasteiger partial charge in [0.15, 0.2) is 0 Å². The third-order valence-corrected chi connectivity index (χ3v) is 5.39. The summed E-state index contributed by atoms with van der Waals surface area (Å²) in [5.41, 5.74) is 3.24. The number of imidazole rings is 1. The molecule has 0 radical (unpaired) electrons. The number of nitrogens with two attached hydrogens (primary N) is 1. The van der Waals surface area contributed by atoms with Gasteiger partial charge in [0.05, 0.1) is 10.6 Å². The summed E-state index contributed by atoms with van der Waals surface area (Å²) in [5.74, 6) is 0.693. The fraction of sp³-hybridized carbons (Fsp3) is 0. The van der Waals surface area contributed by atoms with Crippen molar-refractivity contribution in [3.05, 3.63) is 84.3 Å². The van der Waals surface area contributed by atoms with Gasteiger partial charge in [-0.1, -0.05) is 11.6 Å². The molecule has 0 aliphatic carbocycles. The summed E-state index contributed by atoms with van der Waals surface area (Å²) in [6.45, 7) is 0. The lowest BCUT2D eigenvalue weighted by Crippen LogP contribution is -2.12. The van der Waals surface area contributed by atoms with Crippen molar-refractivity contribution in [3.8, 4) is 28.3 Å². The molecule has 6 nitrogen and oxygen atoms in total. The van der Waals surface area contributed by atoms with Gasteiger partial charge in [-0.15, -0.1) is 0 Å². The average Bonchev–Trinajstić information content (AvgIpc) is 3.14. The molecule has 0 aliphatic rings. The van der Waals surface area contributed by atoms with Crippen molar-refractivity contribution >= 4 is 21.6 Å². The van der Waals surface area contributed by atoms with Gasteiger partial charge < -0.3 is 0 Å². The van der Waals surface area contributed by atoms with Gasteiger partial charge in [-0.25, -0.2) is 18.5 Å². The van der Waals surface area contributed by atoms with Crippen LogP contribution in [-0.2, 0) is 10.0 Å². The summed E-state index contributed by atoms with van der Waals surface area (Å²) in [4.78, 5) is 8.97. The molecule has 0 saturated carbocycles. The lowest BCUT2D eigenvalue weighted by molar-refractivity contribution is 0.598. The highest BCUT2D eigenvalue weighted by atomic mass is 35.5. The van der Waals surface area contributed by atoms with Gasteiger partial charge in [-0.05, 0) is 60.7 Å². The molecule has 4 rings (SSSR count). The predicted octanol–water partition coefficient (Wildman–Crippen LogP) is 3.90. The maximum absolute atomic E-state index is 11.5. The number of halogens is 1. The smallest absolute Gasteiger partial charge is 0.238 e. The molecule has 0 fully saturated rings. The van der Waals surface area contributed by atoms with Crippen LogP contribution >= 0.6 is 11.6 Å². The second kappa shape index (κ2) is 7.20. The molecule has 0 amide bonds. The summed E-state index contributed by atoms with van der Waals surface area (Å²) >= 11 is 6.01. The number of aromatic nitrogens is 3. The quantitative estimate of drug-likeness (QED) is 0.552. The Kier molecular flexibility index (Phi) is 4.72. The molecule has 2 aromatic carbocycles. The van der Waals surface area contributed by atoms with Crippen molar-refractivity contribution in [2.75, 3.05) is 0 Å². The Morgan fingerprint density at radius 3 is 2.25 bits per heavy atom. The standard InChI is InChI=1S/C20H15ClN4O2S/c21-16-5-3-14(4-6-16)20-24-19(15-2-1-11-23-12-15)13-25(20)17-7-9-18(10-8-17)28(22,26)27/h1-13H,(H2,22,26,27). The van der Waals surface area contributed by atoms with Crippen molar-refractivity contribution in [2.45, 2.75) is 4.90 Å². The van der Waals surface area contributed by atoms with E-state index >= 15 is 0 Å². The first kappa shape index (κ1) is 18.4. The van der Waals surface area contributed by atoms with Gasteiger partial charge in [0, 0.05) is 40.4 Å². The SMILES string of the molecule is NS(=O)(=O)c1ccc(-n2cc(-c3cccnc3)nc2-c2ccc(Cl)cc2)cc1. The second-order valence-corrected chi connectivity index (χ2v) is 8.11. The van der Waals surface area contributed by atoms with Crippen molar-refractivity contribution in [1.29, 1.82) is 0 Å². The van der Waals surface area contributed by atoms with E-state index in [-0.39, 0.29) is 4.90 Å². The van der Waals surface area contributed by atoms with E-state index in [4.69, 9.17) is 21.7 Å². The summed E-state index contributed by atoms with van der Waals surface area (Å²) in [5, 5.41) is 5.83. The molecule has 2 aromatic heterocycles. The van der Waals surface area contributed by atoms with Gasteiger partial charge in [-0.2, -0.15) is 0 Å². The van der Waals surface area contributed by atoms with Crippen LogP contribution in [0, 0.1) is 0 Å². The number of rotatable bonds is 4. The first-order chi connectivity index (χ1) is 13.4. The number of hydrogen-bond donors (Lipinski definition) is 1. The number of primary sulfonamides is 1. The molecular formula is C20H15ClN4O2S. The molecule has 0 bridgehead atoms. The van der Waals surface area contributed by atoms with E-state index < -0.39 is 10.0 Å². The van der Waals surface area contributed by atoms with Crippen LogP contribution in [0.4, 0.5) is 0 Å². The minimum atomic E-state index is -3.75. The Morgan fingerprint density at radius 2 is 1.64 bits per heavy atom. The van der Waals surface area contributed by atoms with Crippen LogP contribution in [0.1, 0.15) is 0 Å². The molecule has 0 aliphatic heterocycles. The highest BCUT2D eigenvalue weighted by molar-refractivity contribution is 7.89. The highest BCUT2D eigenvalue weighted by Gasteiger charge is 2.14. The zero-order chi connectivity index (χ0) is 19.7. The molecule has 8 heteroatoms. The number of benzene rings is 2. The van der Waals surface area contributed by atoms with Crippen LogP contribution in [0.3, 0.4) is 0 Å². The van der Waals surface area contributed by atoms with Crippen molar-refractivity contribution < 1.29 is 8.42 Å². The molecule has 0 spiro atoms. The Bertz CT molecular complexity index is 1220. The minimum absolute atomic E-state index is 0.0527. The normalized spacial score (nSPS) is 11.5. The van der Waals surface area contributed by atoms with Crippen LogP contribution in [0.5, 0.6) is 0 Å². The average molecular weight is 411 g/mol. The lowest BCUT2D eigenvalue weighted by atomic mass is 10.2. The van der Waals surface area contributed by atoms with Crippen LogP contribution < -0.4 is 5.14 Å². The summed E-state index contributed by atoms with van der Waals surface area (Å²) in [6.07, 6.45) is 5.32. The molecule has 2 N–H and O–H groups in total. The van der Waals surface area contributed by atoms with Crippen molar-refractivity contribution in [3.63, 3.8) is 0 Å². The van der Waals surface area contributed by atoms with E-state index in [1.165, 1.54) is 12.1 Å². The Morgan fingerprint density at radius 1 is 0.929 bits per heavy atom. The zero-order valence-corrected chi connectivity index (χ0v) is 16.1. The lowest BCUT2D eigenvalue weighted by Gasteiger charge is -2.08. The first-order valence-electron chi connectivity index (χ1n) is 8.31. The van der Waals surface area contributed by atoms with E-state index in [0.29, 0.717) is 10.8 Å². The van der Waals surface area contributed by atoms with Gasteiger partial charge in [0.2, 0.25) is 10.0 Å². The Hall–Kier alpha value is -3.00. The molecule has 0 atom stereocenters. The molecule has 0 unspecified atom stereocenters. The van der Waals surface area contributed by atoms with E-state index in [0.717, 1.165) is 22.5 Å². The number of nitrogens with zero attached hydrogens (tertiary/aromatic N) is 3. The van der Waals surface area contributed by atoms with E-state index in [9.17, 15) is 8.42 Å². The molecule has 28 heavy (non-hydrogen) atoms. The molecule has 0 saturated heterocycles. The van der Waals surface area contributed by atoms with Crippen LogP contribution in [0.25, 0.3) is 28.3 Å². The van der Waals surface area contributed by atoms with Gasteiger partial charge in [0.25, 0.3) is 0 Å². The Balaban J connectivity index is 1.87. The molecule has 4 aromatic rings. The fourth-order valence-electron chi connectivity index (χ4n) is 2.83. The first-order valence-corrected chi connectivity index (χ1v) is 10.2. The minimum Gasteiger partial charge on any atom is -0.299 e. The third-order valence-electron chi connectivity index (χ3n) is 4.21. The molecule has 2 heterocycles. The maximum atomic E-state index is 11.5. The number of hydrogen-bond acceptors (Lipinski definition) is 4. The third kappa shape index (κ3) is 3.68. The zero-order valence-electron chi connectivity index (χ0n) is 14.5. The Labute approximate surface area is 167 Å². The van der Waals surface area contributed by atoms with Crippen molar-refractivity contribution in [1.82, 2.24) is 14.5 Å². The van der Waals surface area contributed by atoms with Gasteiger partial charge in [0.1, 0.15) is 5.82 Å². The summed E-state index contributed by atoms with van der Waals surface area (Å²) < 4.78 is 24.9. The van der Waals surface area contributed by atoms with Crippen molar-refractivity contribution in [2.24, 2.45) is 5.14 Å². The second-order valence-electron chi connectivity index (χ2n) is 6.11. The van der Waals surface area contributed by atoms with Crippen LogP contribution in [-0.4, -0.2) is 23.0 Å². The summed E-state index contributed by atoms with van der Waals surface area (Å²) in [7, 11) is -3.75. The largest absolute Gasteiger partial charge is 0.299 e.